The van der Waals surface area contributed by atoms with Crippen molar-refractivity contribution in [3.63, 3.8) is 0 Å². The molecule has 0 aromatic heterocycles. The third kappa shape index (κ3) is 5.38. The normalized spacial score (nSPS) is 13.6. The molecule has 2 aliphatic carbocycles. The summed E-state index contributed by atoms with van der Waals surface area (Å²) in [6.45, 7) is 2.29. The van der Waals surface area contributed by atoms with E-state index in [9.17, 15) is 0 Å². The summed E-state index contributed by atoms with van der Waals surface area (Å²) in [7, 11) is 0. The zero-order valence-corrected chi connectivity index (χ0v) is 30.9. The molecule has 1 atom stereocenters. The molecular weight excluding hydrogens is 663 g/mol. The van der Waals surface area contributed by atoms with Gasteiger partial charge in [0.25, 0.3) is 0 Å². The van der Waals surface area contributed by atoms with Gasteiger partial charge in [0.05, 0.1) is 5.41 Å². The van der Waals surface area contributed by atoms with E-state index in [0.717, 1.165) is 12.1 Å². The molecule has 1 unspecified atom stereocenters. The van der Waals surface area contributed by atoms with Crippen LogP contribution >= 0.6 is 0 Å². The number of nitrogens with zero attached hydrogens (tertiary/aromatic N) is 1. The molecular formula is C54H41N. The Hall–Kier alpha value is -6.70. The lowest BCUT2D eigenvalue weighted by molar-refractivity contribution is 0.781. The van der Waals surface area contributed by atoms with Crippen LogP contribution in [-0.4, -0.2) is 6.04 Å². The Balaban J connectivity index is 1.04. The van der Waals surface area contributed by atoms with Gasteiger partial charge in [-0.15, -0.1) is 0 Å². The first-order valence-corrected chi connectivity index (χ1v) is 19.4. The number of hydrogen-bond donors (Lipinski definition) is 0. The van der Waals surface area contributed by atoms with Gasteiger partial charge in [-0.2, -0.15) is 0 Å². The van der Waals surface area contributed by atoms with Gasteiger partial charge in [-0.25, -0.2) is 0 Å². The molecule has 0 aliphatic heterocycles. The highest BCUT2D eigenvalue weighted by atomic mass is 15.2. The second-order valence-corrected chi connectivity index (χ2v) is 14.8. The van der Waals surface area contributed by atoms with Crippen LogP contribution in [0, 0.1) is 0 Å². The minimum absolute atomic E-state index is 0.100. The molecule has 0 N–H and O–H groups in total. The first-order valence-electron chi connectivity index (χ1n) is 19.4. The summed E-state index contributed by atoms with van der Waals surface area (Å²) in [6.07, 6.45) is 5.52. The molecule has 0 bridgehead atoms. The smallest absolute Gasteiger partial charge is 0.0728 e. The summed E-state index contributed by atoms with van der Waals surface area (Å²) < 4.78 is 0. The fourth-order valence-electron chi connectivity index (χ4n) is 9.43. The SMILES string of the molecule is CC(/C=C\c1ccccc1Cc1cccc2c1C1(c3ccccc3-c3ccccc31)c1ccccc1-2)N(c1ccccc1)c1ccc(-c2ccccc2)cc1. The maximum atomic E-state index is 2.42. The number of fused-ring (bicyclic) bond motifs is 10. The summed E-state index contributed by atoms with van der Waals surface area (Å²) in [4.78, 5) is 2.42. The first-order chi connectivity index (χ1) is 27.2. The van der Waals surface area contributed by atoms with Crippen LogP contribution in [0.15, 0.2) is 206 Å². The Morgan fingerprint density at radius 2 is 0.909 bits per heavy atom. The van der Waals surface area contributed by atoms with E-state index in [4.69, 9.17) is 0 Å². The predicted octanol–water partition coefficient (Wildman–Crippen LogP) is 13.5. The highest BCUT2D eigenvalue weighted by Gasteiger charge is 2.52. The quantitative estimate of drug-likeness (QED) is 0.152. The Bertz CT molecular complexity index is 2620. The molecule has 0 saturated heterocycles. The van der Waals surface area contributed by atoms with Crippen LogP contribution in [0.2, 0.25) is 0 Å². The van der Waals surface area contributed by atoms with Gasteiger partial charge in [0.2, 0.25) is 0 Å². The first kappa shape index (κ1) is 32.9. The number of rotatable bonds is 8. The Morgan fingerprint density at radius 1 is 0.436 bits per heavy atom. The molecule has 0 fully saturated rings. The Labute approximate surface area is 324 Å². The van der Waals surface area contributed by atoms with E-state index >= 15 is 0 Å². The van der Waals surface area contributed by atoms with Crippen molar-refractivity contribution in [1.29, 1.82) is 0 Å². The summed E-state index contributed by atoms with van der Waals surface area (Å²) in [6, 6.07) is 73.5. The van der Waals surface area contributed by atoms with Crippen LogP contribution in [0.1, 0.15) is 45.9 Å². The summed E-state index contributed by atoms with van der Waals surface area (Å²) in [5, 5.41) is 0. The van der Waals surface area contributed by atoms with Crippen molar-refractivity contribution >= 4 is 17.5 Å². The highest BCUT2D eigenvalue weighted by Crippen LogP contribution is 2.63. The predicted molar refractivity (Wildman–Crippen MR) is 231 cm³/mol. The van der Waals surface area contributed by atoms with E-state index < -0.39 is 0 Å². The molecule has 55 heavy (non-hydrogen) atoms. The van der Waals surface area contributed by atoms with Gasteiger partial charge in [0.1, 0.15) is 0 Å². The minimum atomic E-state index is -0.360. The number of hydrogen-bond acceptors (Lipinski definition) is 1. The van der Waals surface area contributed by atoms with E-state index in [1.807, 2.05) is 0 Å². The van der Waals surface area contributed by atoms with Crippen molar-refractivity contribution in [2.75, 3.05) is 4.90 Å². The van der Waals surface area contributed by atoms with E-state index in [-0.39, 0.29) is 11.5 Å². The summed E-state index contributed by atoms with van der Waals surface area (Å²) in [5.74, 6) is 0. The second kappa shape index (κ2) is 13.6. The maximum absolute atomic E-state index is 2.42. The number of para-hydroxylation sites is 1. The van der Waals surface area contributed by atoms with Gasteiger partial charge in [0.15, 0.2) is 0 Å². The number of benzene rings is 8. The van der Waals surface area contributed by atoms with Crippen molar-refractivity contribution in [3.8, 4) is 33.4 Å². The molecule has 0 radical (unpaired) electrons. The molecule has 10 rings (SSSR count). The Kier molecular flexibility index (Phi) is 8.15. The van der Waals surface area contributed by atoms with Crippen LogP contribution in [-0.2, 0) is 11.8 Å². The van der Waals surface area contributed by atoms with Crippen LogP contribution in [0.5, 0.6) is 0 Å². The molecule has 8 aromatic carbocycles. The van der Waals surface area contributed by atoms with Gasteiger partial charge in [-0.1, -0.05) is 188 Å². The van der Waals surface area contributed by atoms with Crippen molar-refractivity contribution in [1.82, 2.24) is 0 Å². The molecule has 262 valence electrons. The van der Waals surface area contributed by atoms with Crippen LogP contribution in [0.3, 0.4) is 0 Å². The van der Waals surface area contributed by atoms with Crippen molar-refractivity contribution in [3.05, 3.63) is 245 Å². The van der Waals surface area contributed by atoms with E-state index in [1.165, 1.54) is 78.0 Å². The van der Waals surface area contributed by atoms with Crippen molar-refractivity contribution in [2.45, 2.75) is 24.8 Å². The fraction of sp³-hybridized carbons (Fsp3) is 0.0741. The lowest BCUT2D eigenvalue weighted by Gasteiger charge is -2.32. The van der Waals surface area contributed by atoms with Gasteiger partial charge in [0, 0.05) is 17.4 Å². The molecule has 0 saturated carbocycles. The number of anilines is 2. The zero-order valence-electron chi connectivity index (χ0n) is 30.9. The molecule has 0 heterocycles. The average molecular weight is 704 g/mol. The monoisotopic (exact) mass is 703 g/mol. The molecule has 1 heteroatoms. The van der Waals surface area contributed by atoms with Crippen LogP contribution < -0.4 is 4.90 Å². The third-order valence-corrected chi connectivity index (χ3v) is 11.8. The Morgan fingerprint density at radius 3 is 1.56 bits per heavy atom. The average Bonchev–Trinajstić information content (AvgIpc) is 3.72. The fourth-order valence-corrected chi connectivity index (χ4v) is 9.43. The molecule has 2 aliphatic rings. The molecule has 8 aromatic rings. The largest absolute Gasteiger partial charge is 0.335 e. The van der Waals surface area contributed by atoms with Crippen molar-refractivity contribution < 1.29 is 0 Å². The maximum Gasteiger partial charge on any atom is 0.0728 e. The van der Waals surface area contributed by atoms with E-state index in [0.29, 0.717) is 0 Å². The molecule has 0 amide bonds. The standard InChI is InChI=1S/C54H41N/c1-38(55(44-22-6-3-7-23-44)45-35-33-41(34-36-45)39-17-4-2-5-18-39)31-32-40-19-8-9-20-42(40)37-43-21-16-27-49-48-26-12-15-30-52(48)54(53(43)49)50-28-13-10-24-46(50)47-25-11-14-29-51(47)54/h2-36,38H,37H2,1H3/b32-31-. The van der Waals surface area contributed by atoms with Crippen LogP contribution in [0.25, 0.3) is 39.5 Å². The van der Waals surface area contributed by atoms with Gasteiger partial charge < -0.3 is 4.90 Å². The lowest BCUT2D eigenvalue weighted by atomic mass is 9.69. The molecule has 1 nitrogen and oxygen atoms in total. The van der Waals surface area contributed by atoms with E-state index in [1.54, 1.807) is 0 Å². The summed E-state index contributed by atoms with van der Waals surface area (Å²) >= 11 is 0. The van der Waals surface area contributed by atoms with Gasteiger partial charge in [-0.3, -0.25) is 0 Å². The minimum Gasteiger partial charge on any atom is -0.335 e. The summed E-state index contributed by atoms with van der Waals surface area (Å²) in [5.41, 5.74) is 19.3. The third-order valence-electron chi connectivity index (χ3n) is 11.8. The van der Waals surface area contributed by atoms with Gasteiger partial charge >= 0.3 is 0 Å². The topological polar surface area (TPSA) is 3.24 Å². The van der Waals surface area contributed by atoms with Crippen LogP contribution in [0.4, 0.5) is 11.4 Å². The highest BCUT2D eigenvalue weighted by molar-refractivity contribution is 5.95. The van der Waals surface area contributed by atoms with Gasteiger partial charge in [-0.05, 0) is 110 Å². The second-order valence-electron chi connectivity index (χ2n) is 14.8. The zero-order chi connectivity index (χ0) is 36.8. The van der Waals surface area contributed by atoms with E-state index in [2.05, 4.69) is 224 Å². The molecule has 1 spiro atoms. The van der Waals surface area contributed by atoms with Crippen molar-refractivity contribution in [2.24, 2.45) is 0 Å². The lowest BCUT2D eigenvalue weighted by Crippen LogP contribution is -2.27.